The van der Waals surface area contributed by atoms with Gasteiger partial charge in [-0.05, 0) is 29.8 Å². The van der Waals surface area contributed by atoms with E-state index in [1.807, 2.05) is 18.2 Å². The van der Waals surface area contributed by atoms with Crippen LogP contribution in [0, 0.1) is 6.07 Å². The van der Waals surface area contributed by atoms with Crippen molar-refractivity contribution in [3.05, 3.63) is 91.0 Å². The van der Waals surface area contributed by atoms with Crippen molar-refractivity contribution in [2.45, 2.75) is 0 Å². The summed E-state index contributed by atoms with van der Waals surface area (Å²) in [4.78, 5) is 8.36. The van der Waals surface area contributed by atoms with Crippen LogP contribution in [0.3, 0.4) is 0 Å². The molecule has 0 saturated carbocycles. The van der Waals surface area contributed by atoms with Crippen molar-refractivity contribution in [3.63, 3.8) is 0 Å². The van der Waals surface area contributed by atoms with Crippen molar-refractivity contribution < 1.29 is 0 Å². The highest BCUT2D eigenvalue weighted by atomic mass is 14.7. The van der Waals surface area contributed by atoms with Crippen molar-refractivity contribution in [1.29, 1.82) is 0 Å². The molecule has 0 aliphatic rings. The number of nitrogens with zero attached hydrogens (tertiary/aromatic N) is 1. The Morgan fingerprint density at radius 2 is 1.56 bits per heavy atom. The fraction of sp³-hybridized carbons (Fsp3) is 0. The first-order chi connectivity index (χ1) is 13.4. The van der Waals surface area contributed by atoms with E-state index in [9.17, 15) is 0 Å². The van der Waals surface area contributed by atoms with E-state index < -0.39 is 0 Å². The lowest BCUT2D eigenvalue weighted by Crippen LogP contribution is -1.85. The highest BCUT2D eigenvalue weighted by molar-refractivity contribution is 6.12. The minimum Gasteiger partial charge on any atom is -0.354 e. The molecule has 0 aliphatic carbocycles. The predicted molar refractivity (Wildman–Crippen MR) is 113 cm³/mol. The molecule has 0 fully saturated rings. The predicted octanol–water partition coefficient (Wildman–Crippen LogP) is 6.49. The van der Waals surface area contributed by atoms with Gasteiger partial charge in [0, 0.05) is 38.7 Å². The lowest BCUT2D eigenvalue weighted by Gasteiger charge is -2.06. The molecule has 6 aromatic rings. The average molecular weight is 343 g/mol. The Labute approximate surface area is 156 Å². The maximum Gasteiger partial charge on any atom is 0.0716 e. The maximum absolute atomic E-state index is 4.77. The fourth-order valence-corrected chi connectivity index (χ4v) is 3.96. The van der Waals surface area contributed by atoms with Crippen LogP contribution in [0.1, 0.15) is 0 Å². The van der Waals surface area contributed by atoms with Gasteiger partial charge in [0.1, 0.15) is 0 Å². The summed E-state index contributed by atoms with van der Waals surface area (Å²) in [5.41, 5.74) is 6.55. The van der Waals surface area contributed by atoms with E-state index in [1.165, 1.54) is 16.3 Å². The molecule has 125 valence electrons. The van der Waals surface area contributed by atoms with Gasteiger partial charge in [0.25, 0.3) is 0 Å². The molecule has 4 aromatic carbocycles. The van der Waals surface area contributed by atoms with Gasteiger partial charge in [-0.1, -0.05) is 60.7 Å². The fourth-order valence-electron chi connectivity index (χ4n) is 3.96. The van der Waals surface area contributed by atoms with Crippen molar-refractivity contribution in [3.8, 4) is 11.1 Å². The molecule has 6 rings (SSSR count). The molecule has 2 nitrogen and oxygen atoms in total. The van der Waals surface area contributed by atoms with Crippen LogP contribution < -0.4 is 0 Å². The summed E-state index contributed by atoms with van der Waals surface area (Å²) in [6, 6.07) is 33.1. The Balaban J connectivity index is 1.63. The van der Waals surface area contributed by atoms with E-state index in [-0.39, 0.29) is 0 Å². The molecule has 0 unspecified atom stereocenters. The normalized spacial score (nSPS) is 11.7. The zero-order chi connectivity index (χ0) is 17.8. The number of para-hydroxylation sites is 3. The number of nitrogens with one attached hydrogen (secondary N) is 1. The lowest BCUT2D eigenvalue weighted by molar-refractivity contribution is 1.49. The van der Waals surface area contributed by atoms with E-state index in [0.29, 0.717) is 0 Å². The number of aromatic amines is 1. The minimum atomic E-state index is 0.973. The number of hydrogen-bond donors (Lipinski definition) is 1. The second-order valence-electron chi connectivity index (χ2n) is 6.88. The molecule has 1 N–H and O–H groups in total. The number of fused-ring (bicyclic) bond motifs is 5. The van der Waals surface area contributed by atoms with Crippen LogP contribution in [0.15, 0.2) is 84.9 Å². The molecule has 0 spiro atoms. The summed E-state index contributed by atoms with van der Waals surface area (Å²) in [7, 11) is 0. The van der Waals surface area contributed by atoms with E-state index in [2.05, 4.69) is 77.8 Å². The Kier molecular flexibility index (Phi) is 2.91. The first-order valence-corrected chi connectivity index (χ1v) is 9.08. The zero-order valence-corrected chi connectivity index (χ0v) is 14.5. The molecule has 0 atom stereocenters. The number of hydrogen-bond acceptors (Lipinski definition) is 1. The topological polar surface area (TPSA) is 28.7 Å². The van der Waals surface area contributed by atoms with Crippen LogP contribution in [-0.2, 0) is 0 Å². The van der Waals surface area contributed by atoms with Crippen molar-refractivity contribution in [1.82, 2.24) is 9.97 Å². The van der Waals surface area contributed by atoms with Gasteiger partial charge in [-0.25, -0.2) is 4.98 Å². The van der Waals surface area contributed by atoms with Crippen LogP contribution in [0.5, 0.6) is 0 Å². The van der Waals surface area contributed by atoms with Gasteiger partial charge in [-0.15, -0.1) is 0 Å². The Morgan fingerprint density at radius 3 is 2.56 bits per heavy atom. The summed E-state index contributed by atoms with van der Waals surface area (Å²) in [5.74, 6) is 0. The van der Waals surface area contributed by atoms with E-state index in [1.54, 1.807) is 0 Å². The second-order valence-corrected chi connectivity index (χ2v) is 6.88. The van der Waals surface area contributed by atoms with Crippen LogP contribution in [0.4, 0.5) is 0 Å². The Morgan fingerprint density at radius 1 is 0.704 bits per heavy atom. The van der Waals surface area contributed by atoms with Crippen LogP contribution in [-0.4, -0.2) is 9.97 Å². The first-order valence-electron chi connectivity index (χ1n) is 9.08. The largest absolute Gasteiger partial charge is 0.354 e. The third-order valence-electron chi connectivity index (χ3n) is 5.26. The van der Waals surface area contributed by atoms with Gasteiger partial charge in [0.05, 0.1) is 16.6 Å². The highest BCUT2D eigenvalue weighted by Gasteiger charge is 2.10. The Bertz CT molecular complexity index is 1470. The van der Waals surface area contributed by atoms with Crippen molar-refractivity contribution in [2.24, 2.45) is 0 Å². The summed E-state index contributed by atoms with van der Waals surface area (Å²) < 4.78 is 0. The van der Waals surface area contributed by atoms with Gasteiger partial charge in [-0.3, -0.25) is 0 Å². The molecule has 1 radical (unpaired) electrons. The first kappa shape index (κ1) is 14.5. The monoisotopic (exact) mass is 343 g/mol. The molecule has 0 saturated heterocycles. The third kappa shape index (κ3) is 2.17. The van der Waals surface area contributed by atoms with Crippen molar-refractivity contribution in [2.75, 3.05) is 0 Å². The van der Waals surface area contributed by atoms with E-state index >= 15 is 0 Å². The smallest absolute Gasteiger partial charge is 0.0716 e. The summed E-state index contributed by atoms with van der Waals surface area (Å²) in [6.45, 7) is 0. The molecule has 2 heteroatoms. The number of H-pyrrole nitrogens is 1. The maximum atomic E-state index is 4.77. The molecule has 27 heavy (non-hydrogen) atoms. The zero-order valence-electron chi connectivity index (χ0n) is 14.5. The molecular weight excluding hydrogens is 328 g/mol. The molecule has 0 bridgehead atoms. The highest BCUT2D eigenvalue weighted by Crippen LogP contribution is 2.34. The van der Waals surface area contributed by atoms with Gasteiger partial charge >= 0.3 is 0 Å². The average Bonchev–Trinajstić information content (AvgIpc) is 3.10. The quantitative estimate of drug-likeness (QED) is 0.340. The third-order valence-corrected chi connectivity index (χ3v) is 5.26. The summed E-state index contributed by atoms with van der Waals surface area (Å²) in [5, 5.41) is 4.68. The number of rotatable bonds is 1. The lowest BCUT2D eigenvalue weighted by atomic mass is 10.00. The number of aromatic nitrogens is 2. The van der Waals surface area contributed by atoms with Crippen LogP contribution >= 0.6 is 0 Å². The Hall–Kier alpha value is -3.65. The van der Waals surface area contributed by atoms with E-state index in [0.717, 1.165) is 38.4 Å². The van der Waals surface area contributed by atoms with Crippen molar-refractivity contribution >= 4 is 43.6 Å². The number of benzene rings is 4. The molecule has 0 aliphatic heterocycles. The van der Waals surface area contributed by atoms with E-state index in [4.69, 9.17) is 4.98 Å². The van der Waals surface area contributed by atoms with Gasteiger partial charge in [0.15, 0.2) is 0 Å². The van der Waals surface area contributed by atoms with Gasteiger partial charge in [-0.2, -0.15) is 0 Å². The van der Waals surface area contributed by atoms with Gasteiger partial charge in [0.2, 0.25) is 0 Å². The minimum absolute atomic E-state index is 0.973. The summed E-state index contributed by atoms with van der Waals surface area (Å²) >= 11 is 0. The van der Waals surface area contributed by atoms with Gasteiger partial charge < -0.3 is 4.98 Å². The van der Waals surface area contributed by atoms with Crippen LogP contribution in [0.25, 0.3) is 54.7 Å². The SMILES string of the molecule is [c]1c(-c2cccc3c2[nH]c2ccccc23)ccc2nc3ccccc3cc12. The summed E-state index contributed by atoms with van der Waals surface area (Å²) in [6.07, 6.45) is 0. The number of pyridine rings is 1. The second kappa shape index (κ2) is 5.42. The molecule has 2 aromatic heterocycles. The van der Waals surface area contributed by atoms with Crippen LogP contribution in [0.2, 0.25) is 0 Å². The molecule has 0 amide bonds. The molecular formula is C25H15N2. The molecule has 2 heterocycles. The standard InChI is InChI=1S/C25H15N2/c1-3-10-22-17(6-1)15-18-14-16(12-13-23(18)26-22)19-8-5-9-21-20-7-2-4-11-24(20)27-25(19)21/h1-13,15,27H.